The number of nitrogens with zero attached hydrogens (tertiary/aromatic N) is 1. The van der Waals surface area contributed by atoms with Gasteiger partial charge in [0.1, 0.15) is 22.8 Å². The van der Waals surface area contributed by atoms with Crippen LogP contribution in [0.25, 0.3) is 16.3 Å². The van der Waals surface area contributed by atoms with Crippen LogP contribution < -0.4 is 15.2 Å². The van der Waals surface area contributed by atoms with E-state index in [9.17, 15) is 0 Å². The number of thiazole rings is 1. The summed E-state index contributed by atoms with van der Waals surface area (Å²) in [4.78, 5) is 8.33. The van der Waals surface area contributed by atoms with E-state index < -0.39 is 0 Å². The average Bonchev–Trinajstić information content (AvgIpc) is 3.63. The molecule has 2 aromatic carbocycles. The van der Waals surface area contributed by atoms with Gasteiger partial charge in [-0.2, -0.15) is 4.98 Å². The van der Waals surface area contributed by atoms with Crippen molar-refractivity contribution in [1.82, 2.24) is 4.90 Å². The number of benzene rings is 2. The van der Waals surface area contributed by atoms with Gasteiger partial charge < -0.3 is 10.2 Å². The van der Waals surface area contributed by atoms with Crippen LogP contribution in [0.15, 0.2) is 118 Å². The van der Waals surface area contributed by atoms with Crippen LogP contribution in [0.5, 0.6) is 0 Å². The number of rotatable bonds is 5. The number of aromatic amines is 1. The zero-order chi connectivity index (χ0) is 24.5. The van der Waals surface area contributed by atoms with Crippen molar-refractivity contribution in [1.29, 1.82) is 0 Å². The van der Waals surface area contributed by atoms with Gasteiger partial charge in [-0.1, -0.05) is 53.4 Å². The number of H-pyrrole nitrogens is 1. The van der Waals surface area contributed by atoms with Crippen molar-refractivity contribution in [3.63, 3.8) is 0 Å². The first kappa shape index (κ1) is 23.1. The van der Waals surface area contributed by atoms with Gasteiger partial charge in [0, 0.05) is 48.4 Å². The van der Waals surface area contributed by atoms with E-state index in [0.29, 0.717) is 0 Å². The van der Waals surface area contributed by atoms with E-state index in [1.807, 2.05) is 0 Å². The molecule has 180 valence electrons. The van der Waals surface area contributed by atoms with Gasteiger partial charge in [0.25, 0.3) is 5.01 Å². The molecule has 0 bridgehead atoms. The smallest absolute Gasteiger partial charge is 0.261 e. The van der Waals surface area contributed by atoms with Crippen molar-refractivity contribution < 1.29 is 9.88 Å². The summed E-state index contributed by atoms with van der Waals surface area (Å²) in [5.74, 6) is 0. The highest BCUT2D eigenvalue weighted by atomic mass is 32.2. The summed E-state index contributed by atoms with van der Waals surface area (Å²) in [5, 5.41) is 5.92. The molecule has 1 aromatic heterocycles. The van der Waals surface area contributed by atoms with Gasteiger partial charge in [-0.05, 0) is 49.6 Å². The second-order valence-corrected chi connectivity index (χ2v) is 11.5. The molecule has 0 saturated heterocycles. The van der Waals surface area contributed by atoms with E-state index in [0.717, 1.165) is 19.3 Å². The highest BCUT2D eigenvalue weighted by Crippen LogP contribution is 2.40. The number of hydrogen-bond donors (Lipinski definition) is 2. The second-order valence-electron chi connectivity index (χ2n) is 9.37. The number of allylic oxidation sites excluding steroid dienone is 6. The van der Waals surface area contributed by atoms with Crippen LogP contribution in [0.1, 0.15) is 24.3 Å². The molecule has 3 aliphatic rings. The minimum Gasteiger partial charge on any atom is -0.373 e. The van der Waals surface area contributed by atoms with E-state index >= 15 is 0 Å². The van der Waals surface area contributed by atoms with Crippen LogP contribution in [0.4, 0.5) is 5.69 Å². The van der Waals surface area contributed by atoms with Gasteiger partial charge in [-0.3, -0.25) is 0 Å². The van der Waals surface area contributed by atoms with Crippen molar-refractivity contribution >= 4 is 45.1 Å². The van der Waals surface area contributed by atoms with Crippen molar-refractivity contribution in [2.75, 3.05) is 19.4 Å². The lowest BCUT2D eigenvalue weighted by Crippen LogP contribution is -3.00. The summed E-state index contributed by atoms with van der Waals surface area (Å²) in [5.41, 5.74) is 7.82. The maximum atomic E-state index is 3.56. The topological polar surface area (TPSA) is 33.9 Å². The van der Waals surface area contributed by atoms with E-state index in [2.05, 4.69) is 121 Å². The molecule has 0 saturated carbocycles. The van der Waals surface area contributed by atoms with Crippen LogP contribution in [0, 0.1) is 0 Å². The third-order valence-corrected chi connectivity index (χ3v) is 8.75. The Morgan fingerprint density at radius 1 is 1.00 bits per heavy atom. The Balaban J connectivity index is 1.36. The van der Waals surface area contributed by atoms with Crippen LogP contribution in [0.2, 0.25) is 0 Å². The number of fused-ring (bicyclic) bond motifs is 2. The maximum absolute atomic E-state index is 3.56. The van der Waals surface area contributed by atoms with Crippen molar-refractivity contribution in [3.05, 3.63) is 118 Å². The first-order chi connectivity index (χ1) is 17.6. The lowest BCUT2D eigenvalue weighted by Gasteiger charge is -2.22. The van der Waals surface area contributed by atoms with Crippen molar-refractivity contribution in [2.24, 2.45) is 0 Å². The van der Waals surface area contributed by atoms with Crippen LogP contribution in [-0.4, -0.2) is 19.0 Å². The third-order valence-electron chi connectivity index (χ3n) is 6.68. The van der Waals surface area contributed by atoms with E-state index in [4.69, 9.17) is 0 Å². The second kappa shape index (κ2) is 9.97. The van der Waals surface area contributed by atoms with Crippen LogP contribution in [-0.2, 0) is 0 Å². The fourth-order valence-electron chi connectivity index (χ4n) is 4.87. The average molecular weight is 511 g/mol. The quantitative estimate of drug-likeness (QED) is 0.444. The monoisotopic (exact) mass is 510 g/mol. The molecule has 6 rings (SSSR count). The summed E-state index contributed by atoms with van der Waals surface area (Å²) >= 11 is 3.61. The van der Waals surface area contributed by atoms with Gasteiger partial charge in [-0.15, -0.1) is 0 Å². The highest BCUT2D eigenvalue weighted by molar-refractivity contribution is 8.03. The highest BCUT2D eigenvalue weighted by Gasteiger charge is 2.27. The summed E-state index contributed by atoms with van der Waals surface area (Å²) in [6, 6.07) is 17.0. The van der Waals surface area contributed by atoms with Gasteiger partial charge in [0.05, 0.1) is 16.4 Å². The molecular formula is C30H30N4S2+2. The first-order valence-electron chi connectivity index (χ1n) is 12.4. The van der Waals surface area contributed by atoms with Crippen LogP contribution >= 0.6 is 23.1 Å². The fourth-order valence-corrected chi connectivity index (χ4v) is 6.69. The summed E-state index contributed by atoms with van der Waals surface area (Å²) < 4.78 is 1.29. The Morgan fingerprint density at radius 2 is 1.86 bits per heavy atom. The number of para-hydroxylation sites is 2. The molecule has 0 spiro atoms. The largest absolute Gasteiger partial charge is 0.373 e. The standard InChI is InChI=1S/C30H28N4S2/c1-33(2)23-18-19-34(20-23)30-21(14-16-28-31-24-10-3-5-12-26(24)35-28)8-7-9-22(30)15-17-29-32-25-11-4-6-13-27(25)36-29/h3-6,10-20,31H,7-9H2,1-2H3/p+2/b17-15+,21-14+,28-16-. The van der Waals surface area contributed by atoms with Gasteiger partial charge in [-0.25, -0.2) is 4.90 Å². The summed E-state index contributed by atoms with van der Waals surface area (Å²) in [7, 11) is 4.21. The number of likely N-dealkylation sites (N-methyl/N-ethyl adjacent to an activating group) is 1. The number of anilines is 1. The van der Waals surface area contributed by atoms with Crippen molar-refractivity contribution in [3.8, 4) is 0 Å². The van der Waals surface area contributed by atoms with Gasteiger partial charge in [0.2, 0.25) is 5.52 Å². The molecule has 4 nitrogen and oxygen atoms in total. The SMILES string of the molecule is CN(C)C1=C[NH+](C2=C(/C=C/c3[nH+]c4ccccc4s3)CCC/C2=C\C=C2\Nc3ccccc3S2)C=C1. The third kappa shape index (κ3) is 4.72. The molecule has 0 amide bonds. The molecule has 0 fully saturated rings. The predicted molar refractivity (Wildman–Crippen MR) is 152 cm³/mol. The van der Waals surface area contributed by atoms with E-state index in [-0.39, 0.29) is 0 Å². The maximum Gasteiger partial charge on any atom is 0.261 e. The molecule has 36 heavy (non-hydrogen) atoms. The molecule has 2 aliphatic heterocycles. The zero-order valence-corrected chi connectivity index (χ0v) is 22.2. The van der Waals surface area contributed by atoms with Gasteiger partial charge in [0.15, 0.2) is 0 Å². The minimum atomic E-state index is 1.09. The molecule has 6 heteroatoms. The summed E-state index contributed by atoms with van der Waals surface area (Å²) in [6.45, 7) is 0. The summed E-state index contributed by atoms with van der Waals surface area (Å²) in [6.07, 6.45) is 19.3. The number of quaternary nitrogens is 1. The fraction of sp³-hybridized carbons (Fsp3) is 0.167. The molecular weight excluding hydrogens is 480 g/mol. The Kier molecular flexibility index (Phi) is 6.40. The molecule has 3 heterocycles. The lowest BCUT2D eigenvalue weighted by molar-refractivity contribution is -0.741. The van der Waals surface area contributed by atoms with E-state index in [1.165, 1.54) is 58.3 Å². The predicted octanol–water partition coefficient (Wildman–Crippen LogP) is 5.97. The van der Waals surface area contributed by atoms with Crippen LogP contribution in [0.3, 0.4) is 0 Å². The minimum absolute atomic E-state index is 1.09. The lowest BCUT2D eigenvalue weighted by atomic mass is 9.90. The number of thioether (sulfide) groups is 1. The molecule has 1 aliphatic carbocycles. The normalized spacial score (nSPS) is 21.6. The molecule has 1 unspecified atom stereocenters. The Morgan fingerprint density at radius 3 is 2.69 bits per heavy atom. The first-order valence-corrected chi connectivity index (χ1v) is 14.0. The van der Waals surface area contributed by atoms with E-state index in [1.54, 1.807) is 23.1 Å². The Hall–Kier alpha value is -3.32. The molecule has 3 N–H and O–H groups in total. The van der Waals surface area contributed by atoms with Gasteiger partial charge >= 0.3 is 0 Å². The molecule has 3 aromatic rings. The Bertz CT molecular complexity index is 1440. The van der Waals surface area contributed by atoms with Crippen molar-refractivity contribution in [2.45, 2.75) is 24.2 Å². The molecule has 1 atom stereocenters. The zero-order valence-electron chi connectivity index (χ0n) is 20.5. The molecule has 0 radical (unpaired) electrons. The Labute approximate surface area is 220 Å². The number of nitrogens with one attached hydrogen (secondary N) is 3. The number of hydrogen-bond acceptors (Lipinski definition) is 4. The number of aromatic nitrogens is 1.